The molecule has 1 heterocycles. The predicted molar refractivity (Wildman–Crippen MR) is 79.7 cm³/mol. The van der Waals surface area contributed by atoms with E-state index in [2.05, 4.69) is 38.2 Å². The van der Waals surface area contributed by atoms with Crippen molar-refractivity contribution < 1.29 is 9.13 Å². The van der Waals surface area contributed by atoms with E-state index in [0.717, 1.165) is 37.4 Å². The molecule has 0 saturated carbocycles. The summed E-state index contributed by atoms with van der Waals surface area (Å²) in [5.41, 5.74) is 1.20. The van der Waals surface area contributed by atoms with Gasteiger partial charge in [-0.1, -0.05) is 13.8 Å². The standard InChI is InChI=1S/C16H25FN2O/c1-16(2,11-19(3)4)10-18-9-14-8-12-7-13(17)5-6-15(12)20-14/h5-7,14,18H,8-11H2,1-4H3. The van der Waals surface area contributed by atoms with Gasteiger partial charge in [-0.15, -0.1) is 0 Å². The van der Waals surface area contributed by atoms with Crippen LogP contribution in [0.25, 0.3) is 0 Å². The molecule has 1 N–H and O–H groups in total. The number of benzene rings is 1. The topological polar surface area (TPSA) is 24.5 Å². The van der Waals surface area contributed by atoms with Crippen LogP contribution in [-0.4, -0.2) is 44.7 Å². The van der Waals surface area contributed by atoms with Gasteiger partial charge in [-0.05, 0) is 37.7 Å². The summed E-state index contributed by atoms with van der Waals surface area (Å²) in [5, 5.41) is 3.48. The first-order valence-corrected chi connectivity index (χ1v) is 7.16. The summed E-state index contributed by atoms with van der Waals surface area (Å²) in [5.74, 6) is 0.638. The van der Waals surface area contributed by atoms with Gasteiger partial charge in [0, 0.05) is 31.6 Å². The van der Waals surface area contributed by atoms with Crippen LogP contribution in [0, 0.1) is 11.2 Å². The molecule has 0 spiro atoms. The zero-order valence-corrected chi connectivity index (χ0v) is 12.9. The molecule has 20 heavy (non-hydrogen) atoms. The molecule has 1 unspecified atom stereocenters. The second kappa shape index (κ2) is 6.10. The van der Waals surface area contributed by atoms with Crippen LogP contribution in [0.15, 0.2) is 18.2 Å². The van der Waals surface area contributed by atoms with Crippen molar-refractivity contribution in [2.75, 3.05) is 33.7 Å². The van der Waals surface area contributed by atoms with Crippen LogP contribution in [0.5, 0.6) is 5.75 Å². The minimum Gasteiger partial charge on any atom is -0.488 e. The maximum absolute atomic E-state index is 13.1. The first kappa shape index (κ1) is 15.3. The highest BCUT2D eigenvalue weighted by Crippen LogP contribution is 2.29. The second-order valence-corrected chi connectivity index (χ2v) is 6.73. The van der Waals surface area contributed by atoms with Crippen molar-refractivity contribution in [3.8, 4) is 5.75 Å². The number of rotatable bonds is 6. The van der Waals surface area contributed by atoms with Crippen molar-refractivity contribution in [2.24, 2.45) is 5.41 Å². The van der Waals surface area contributed by atoms with Gasteiger partial charge in [-0.25, -0.2) is 4.39 Å². The first-order valence-electron chi connectivity index (χ1n) is 7.16. The lowest BCUT2D eigenvalue weighted by atomic mass is 9.93. The Morgan fingerprint density at radius 2 is 2.15 bits per heavy atom. The normalized spacial score (nSPS) is 18.2. The lowest BCUT2D eigenvalue weighted by Crippen LogP contribution is -2.40. The van der Waals surface area contributed by atoms with E-state index in [9.17, 15) is 4.39 Å². The van der Waals surface area contributed by atoms with Crippen molar-refractivity contribution in [3.63, 3.8) is 0 Å². The molecule has 2 rings (SSSR count). The van der Waals surface area contributed by atoms with E-state index in [4.69, 9.17) is 4.74 Å². The number of fused-ring (bicyclic) bond motifs is 1. The van der Waals surface area contributed by atoms with Gasteiger partial charge in [-0.3, -0.25) is 0 Å². The van der Waals surface area contributed by atoms with E-state index >= 15 is 0 Å². The van der Waals surface area contributed by atoms with Crippen LogP contribution in [0.1, 0.15) is 19.4 Å². The summed E-state index contributed by atoms with van der Waals surface area (Å²) in [6, 6.07) is 4.75. The second-order valence-electron chi connectivity index (χ2n) is 6.73. The highest BCUT2D eigenvalue weighted by Gasteiger charge is 2.24. The van der Waals surface area contributed by atoms with Gasteiger partial charge in [0.2, 0.25) is 0 Å². The lowest BCUT2D eigenvalue weighted by molar-refractivity contribution is 0.199. The molecule has 1 atom stereocenters. The van der Waals surface area contributed by atoms with E-state index in [1.807, 2.05) is 0 Å². The van der Waals surface area contributed by atoms with Gasteiger partial charge >= 0.3 is 0 Å². The van der Waals surface area contributed by atoms with Gasteiger partial charge in [-0.2, -0.15) is 0 Å². The Morgan fingerprint density at radius 1 is 1.40 bits per heavy atom. The minimum absolute atomic E-state index is 0.113. The van der Waals surface area contributed by atoms with Crippen LogP contribution < -0.4 is 10.1 Å². The van der Waals surface area contributed by atoms with Crippen molar-refractivity contribution in [2.45, 2.75) is 26.4 Å². The third-order valence-corrected chi connectivity index (χ3v) is 3.48. The monoisotopic (exact) mass is 280 g/mol. The fourth-order valence-electron chi connectivity index (χ4n) is 2.89. The van der Waals surface area contributed by atoms with Gasteiger partial charge in [0.25, 0.3) is 0 Å². The SMILES string of the molecule is CN(C)CC(C)(C)CNCC1Cc2cc(F)ccc2O1. The Morgan fingerprint density at radius 3 is 2.85 bits per heavy atom. The Kier molecular flexibility index (Phi) is 4.66. The number of hydrogen-bond donors (Lipinski definition) is 1. The van der Waals surface area contributed by atoms with Crippen molar-refractivity contribution in [3.05, 3.63) is 29.6 Å². The predicted octanol–water partition coefficient (Wildman–Crippen LogP) is 2.31. The van der Waals surface area contributed by atoms with E-state index in [1.54, 1.807) is 12.1 Å². The molecule has 3 nitrogen and oxygen atoms in total. The van der Waals surface area contributed by atoms with Crippen LogP contribution in [0.4, 0.5) is 4.39 Å². The molecule has 1 aliphatic rings. The largest absolute Gasteiger partial charge is 0.488 e. The highest BCUT2D eigenvalue weighted by molar-refractivity contribution is 5.37. The molecule has 0 aromatic heterocycles. The summed E-state index contributed by atoms with van der Waals surface area (Å²) >= 11 is 0. The maximum atomic E-state index is 13.1. The number of ether oxygens (including phenoxy) is 1. The number of hydrogen-bond acceptors (Lipinski definition) is 3. The molecule has 0 amide bonds. The molecule has 0 bridgehead atoms. The third-order valence-electron chi connectivity index (χ3n) is 3.48. The van der Waals surface area contributed by atoms with E-state index in [-0.39, 0.29) is 17.3 Å². The summed E-state index contributed by atoms with van der Waals surface area (Å²) in [4.78, 5) is 2.20. The Hall–Kier alpha value is -1.13. The summed E-state index contributed by atoms with van der Waals surface area (Å²) in [6.07, 6.45) is 0.899. The average molecular weight is 280 g/mol. The molecular weight excluding hydrogens is 255 g/mol. The fourth-order valence-corrected chi connectivity index (χ4v) is 2.89. The van der Waals surface area contributed by atoms with Crippen LogP contribution >= 0.6 is 0 Å². The molecule has 0 radical (unpaired) electrons. The lowest BCUT2D eigenvalue weighted by Gasteiger charge is -2.29. The quantitative estimate of drug-likeness (QED) is 0.865. The van der Waals surface area contributed by atoms with Crippen molar-refractivity contribution in [1.29, 1.82) is 0 Å². The van der Waals surface area contributed by atoms with E-state index in [0.29, 0.717) is 0 Å². The molecule has 1 aromatic rings. The Balaban J connectivity index is 1.77. The fraction of sp³-hybridized carbons (Fsp3) is 0.625. The molecule has 112 valence electrons. The summed E-state index contributed by atoms with van der Waals surface area (Å²) < 4.78 is 19.0. The number of halogens is 1. The smallest absolute Gasteiger partial charge is 0.123 e. The molecular formula is C16H25FN2O. The highest BCUT2D eigenvalue weighted by atomic mass is 19.1. The number of nitrogens with one attached hydrogen (secondary N) is 1. The van der Waals surface area contributed by atoms with Crippen LogP contribution in [0.3, 0.4) is 0 Å². The zero-order valence-electron chi connectivity index (χ0n) is 12.9. The van der Waals surface area contributed by atoms with Crippen LogP contribution in [-0.2, 0) is 6.42 Å². The van der Waals surface area contributed by atoms with Gasteiger partial charge in [0.05, 0.1) is 0 Å². The third kappa shape index (κ3) is 4.18. The van der Waals surface area contributed by atoms with Crippen molar-refractivity contribution in [1.82, 2.24) is 10.2 Å². The molecule has 0 aliphatic carbocycles. The van der Waals surface area contributed by atoms with E-state index in [1.165, 1.54) is 6.07 Å². The molecule has 0 saturated heterocycles. The van der Waals surface area contributed by atoms with Crippen LogP contribution in [0.2, 0.25) is 0 Å². The zero-order chi connectivity index (χ0) is 14.8. The molecule has 4 heteroatoms. The Labute approximate surface area is 121 Å². The summed E-state index contributed by atoms with van der Waals surface area (Å²) in [7, 11) is 4.18. The minimum atomic E-state index is -0.187. The Bertz CT molecular complexity index is 460. The molecule has 0 fully saturated rings. The number of nitrogens with zero attached hydrogens (tertiary/aromatic N) is 1. The summed E-state index contributed by atoms with van der Waals surface area (Å²) in [6.45, 7) is 7.28. The average Bonchev–Trinajstić information content (AvgIpc) is 2.68. The molecule has 1 aromatic carbocycles. The van der Waals surface area contributed by atoms with Gasteiger partial charge < -0.3 is 15.0 Å². The molecule has 1 aliphatic heterocycles. The van der Waals surface area contributed by atoms with Gasteiger partial charge in [0.15, 0.2) is 0 Å². The first-order chi connectivity index (χ1) is 9.35. The maximum Gasteiger partial charge on any atom is 0.123 e. The van der Waals surface area contributed by atoms with Gasteiger partial charge in [0.1, 0.15) is 17.7 Å². The van der Waals surface area contributed by atoms with Crippen molar-refractivity contribution >= 4 is 0 Å². The van der Waals surface area contributed by atoms with E-state index < -0.39 is 0 Å².